The van der Waals surface area contributed by atoms with E-state index in [1.165, 1.54) is 0 Å². The van der Waals surface area contributed by atoms with E-state index in [1.807, 2.05) is 20.8 Å². The molecule has 0 bridgehead atoms. The summed E-state index contributed by atoms with van der Waals surface area (Å²) in [4.78, 5) is 12.7. The summed E-state index contributed by atoms with van der Waals surface area (Å²) in [5.74, 6) is 0. The van der Waals surface area contributed by atoms with Crippen molar-refractivity contribution in [2.75, 3.05) is 4.90 Å². The van der Waals surface area contributed by atoms with E-state index < -0.39 is 6.67 Å². The van der Waals surface area contributed by atoms with E-state index in [1.54, 1.807) is 29.2 Å². The van der Waals surface area contributed by atoms with E-state index >= 15 is 0 Å². The molecule has 1 aromatic rings. The monoisotopic (exact) mass is 253 g/mol. The molecule has 0 N–H and O–H groups in total. The SMILES string of the molecule is CC.CCCC(C)N(C=O)c1ccc(CF)cc1. The van der Waals surface area contributed by atoms with Gasteiger partial charge in [-0.2, -0.15) is 0 Å². The molecule has 0 aliphatic rings. The Morgan fingerprint density at radius 1 is 1.28 bits per heavy atom. The zero-order valence-electron chi connectivity index (χ0n) is 11.8. The van der Waals surface area contributed by atoms with E-state index in [4.69, 9.17) is 0 Å². The second-order valence-corrected chi connectivity index (χ2v) is 3.95. The lowest BCUT2D eigenvalue weighted by molar-refractivity contribution is -0.107. The van der Waals surface area contributed by atoms with Gasteiger partial charge in [0, 0.05) is 11.7 Å². The number of benzene rings is 1. The average molecular weight is 253 g/mol. The molecule has 1 rings (SSSR count). The number of alkyl halides is 1. The molecule has 0 spiro atoms. The fourth-order valence-electron chi connectivity index (χ4n) is 1.73. The van der Waals surface area contributed by atoms with Crippen LogP contribution in [0.15, 0.2) is 24.3 Å². The molecule has 1 unspecified atom stereocenters. The van der Waals surface area contributed by atoms with E-state index in [0.717, 1.165) is 24.9 Å². The Hall–Kier alpha value is -1.38. The molecular weight excluding hydrogens is 229 g/mol. The predicted molar refractivity (Wildman–Crippen MR) is 75.5 cm³/mol. The van der Waals surface area contributed by atoms with Crippen molar-refractivity contribution >= 4 is 12.1 Å². The number of hydrogen-bond acceptors (Lipinski definition) is 1. The van der Waals surface area contributed by atoms with Crippen molar-refractivity contribution in [1.29, 1.82) is 0 Å². The molecule has 0 aromatic heterocycles. The summed E-state index contributed by atoms with van der Waals surface area (Å²) in [6.45, 7) is 7.64. The molecule has 0 saturated heterocycles. The van der Waals surface area contributed by atoms with Gasteiger partial charge in [-0.3, -0.25) is 4.79 Å². The van der Waals surface area contributed by atoms with E-state index in [9.17, 15) is 9.18 Å². The van der Waals surface area contributed by atoms with Gasteiger partial charge >= 0.3 is 0 Å². The molecule has 18 heavy (non-hydrogen) atoms. The zero-order chi connectivity index (χ0) is 14.0. The standard InChI is InChI=1S/C13H18FNO.C2H6/c1-3-4-11(2)15(10-16)13-7-5-12(9-14)6-8-13;1-2/h5-8,10-11H,3-4,9H2,1-2H3;1-2H3. The second-order valence-electron chi connectivity index (χ2n) is 3.95. The van der Waals surface area contributed by atoms with Gasteiger partial charge in [-0.15, -0.1) is 0 Å². The minimum atomic E-state index is -0.466. The fourth-order valence-corrected chi connectivity index (χ4v) is 1.73. The van der Waals surface area contributed by atoms with E-state index in [0.29, 0.717) is 5.56 Å². The van der Waals surface area contributed by atoms with Crippen molar-refractivity contribution in [3.8, 4) is 0 Å². The molecule has 2 nitrogen and oxygen atoms in total. The highest BCUT2D eigenvalue weighted by molar-refractivity contribution is 5.75. The summed E-state index contributed by atoms with van der Waals surface area (Å²) < 4.78 is 12.3. The van der Waals surface area contributed by atoms with Gasteiger partial charge in [0.2, 0.25) is 6.41 Å². The number of nitrogens with zero attached hydrogens (tertiary/aromatic N) is 1. The molecule has 0 aliphatic carbocycles. The van der Waals surface area contributed by atoms with E-state index in [-0.39, 0.29) is 6.04 Å². The molecular formula is C15H24FNO. The Morgan fingerprint density at radius 2 is 1.83 bits per heavy atom. The normalized spacial score (nSPS) is 11.2. The largest absolute Gasteiger partial charge is 0.312 e. The lowest BCUT2D eigenvalue weighted by Gasteiger charge is -2.24. The van der Waals surface area contributed by atoms with Gasteiger partial charge in [0.1, 0.15) is 6.67 Å². The molecule has 0 heterocycles. The maximum atomic E-state index is 12.3. The van der Waals surface area contributed by atoms with Gasteiger partial charge in [-0.25, -0.2) is 4.39 Å². The Kier molecular flexibility index (Phi) is 8.89. The van der Waals surface area contributed by atoms with Crippen LogP contribution in [-0.4, -0.2) is 12.5 Å². The van der Waals surface area contributed by atoms with E-state index in [2.05, 4.69) is 6.92 Å². The Balaban J connectivity index is 0.00000137. The number of halogens is 1. The second kappa shape index (κ2) is 9.63. The van der Waals surface area contributed by atoms with Crippen molar-refractivity contribution < 1.29 is 9.18 Å². The van der Waals surface area contributed by atoms with Crippen LogP contribution in [0.4, 0.5) is 10.1 Å². The fraction of sp³-hybridized carbons (Fsp3) is 0.533. The highest BCUT2D eigenvalue weighted by Gasteiger charge is 2.12. The maximum absolute atomic E-state index is 12.3. The Labute approximate surface area is 110 Å². The van der Waals surface area contributed by atoms with Gasteiger partial charge in [0.05, 0.1) is 0 Å². The number of amides is 1. The predicted octanol–water partition coefficient (Wildman–Crippen LogP) is 4.33. The Morgan fingerprint density at radius 3 is 2.22 bits per heavy atom. The quantitative estimate of drug-likeness (QED) is 0.691. The van der Waals surface area contributed by atoms with Crippen LogP contribution in [0.1, 0.15) is 46.1 Å². The zero-order valence-corrected chi connectivity index (χ0v) is 11.8. The minimum absolute atomic E-state index is 0.179. The van der Waals surface area contributed by atoms with Crippen LogP contribution in [0.25, 0.3) is 0 Å². The molecule has 0 saturated carbocycles. The van der Waals surface area contributed by atoms with Crippen molar-refractivity contribution in [1.82, 2.24) is 0 Å². The third kappa shape index (κ3) is 4.86. The van der Waals surface area contributed by atoms with Gasteiger partial charge in [0.25, 0.3) is 0 Å². The van der Waals surface area contributed by atoms with Crippen molar-refractivity contribution in [3.05, 3.63) is 29.8 Å². The molecule has 1 atom stereocenters. The summed E-state index contributed by atoms with van der Waals surface area (Å²) >= 11 is 0. The molecule has 0 aliphatic heterocycles. The van der Waals surface area contributed by atoms with Crippen LogP contribution < -0.4 is 4.90 Å². The number of rotatable bonds is 6. The van der Waals surface area contributed by atoms with Crippen molar-refractivity contribution in [2.45, 2.75) is 53.3 Å². The molecule has 1 amide bonds. The number of hydrogen-bond donors (Lipinski definition) is 0. The number of carbonyl (C=O) groups excluding carboxylic acids is 1. The van der Waals surface area contributed by atoms with Crippen LogP contribution >= 0.6 is 0 Å². The first kappa shape index (κ1) is 16.6. The molecule has 102 valence electrons. The highest BCUT2D eigenvalue weighted by atomic mass is 19.1. The molecule has 0 fully saturated rings. The summed E-state index contributed by atoms with van der Waals surface area (Å²) in [7, 11) is 0. The summed E-state index contributed by atoms with van der Waals surface area (Å²) in [5, 5.41) is 0. The lowest BCUT2D eigenvalue weighted by atomic mass is 10.1. The van der Waals surface area contributed by atoms with Crippen LogP contribution in [0.5, 0.6) is 0 Å². The first-order valence-electron chi connectivity index (χ1n) is 6.61. The highest BCUT2D eigenvalue weighted by Crippen LogP contribution is 2.18. The summed E-state index contributed by atoms with van der Waals surface area (Å²) in [6.07, 6.45) is 2.84. The van der Waals surface area contributed by atoms with Gasteiger partial charge in [0.15, 0.2) is 0 Å². The minimum Gasteiger partial charge on any atom is -0.312 e. The van der Waals surface area contributed by atoms with Crippen LogP contribution in [0, 0.1) is 0 Å². The lowest BCUT2D eigenvalue weighted by Crippen LogP contribution is -2.31. The molecule has 1 aromatic carbocycles. The summed E-state index contributed by atoms with van der Waals surface area (Å²) in [6, 6.07) is 7.18. The topological polar surface area (TPSA) is 20.3 Å². The first-order valence-corrected chi connectivity index (χ1v) is 6.61. The average Bonchev–Trinajstić information content (AvgIpc) is 2.43. The van der Waals surface area contributed by atoms with Crippen LogP contribution in [0.2, 0.25) is 0 Å². The first-order chi connectivity index (χ1) is 8.72. The summed E-state index contributed by atoms with van der Waals surface area (Å²) in [5.41, 5.74) is 1.46. The Bertz CT molecular complexity index is 324. The third-order valence-electron chi connectivity index (χ3n) is 2.68. The van der Waals surface area contributed by atoms with Crippen LogP contribution in [0.3, 0.4) is 0 Å². The maximum Gasteiger partial charge on any atom is 0.214 e. The molecule has 3 heteroatoms. The number of carbonyl (C=O) groups is 1. The molecule has 0 radical (unpaired) electrons. The van der Waals surface area contributed by atoms with Gasteiger partial charge in [-0.1, -0.05) is 39.3 Å². The smallest absolute Gasteiger partial charge is 0.214 e. The third-order valence-corrected chi connectivity index (χ3v) is 2.68. The van der Waals surface area contributed by atoms with Crippen molar-refractivity contribution in [2.24, 2.45) is 0 Å². The van der Waals surface area contributed by atoms with Gasteiger partial charge in [-0.05, 0) is 31.0 Å². The van der Waals surface area contributed by atoms with Crippen molar-refractivity contribution in [3.63, 3.8) is 0 Å². The van der Waals surface area contributed by atoms with Crippen LogP contribution in [-0.2, 0) is 11.5 Å². The number of anilines is 1. The van der Waals surface area contributed by atoms with Gasteiger partial charge < -0.3 is 4.90 Å².